The summed E-state index contributed by atoms with van der Waals surface area (Å²) in [7, 11) is 0. The van der Waals surface area contributed by atoms with Crippen molar-refractivity contribution in [2.75, 3.05) is 26.2 Å². The van der Waals surface area contributed by atoms with Gasteiger partial charge in [-0.3, -0.25) is 4.79 Å². The lowest BCUT2D eigenvalue weighted by Crippen LogP contribution is -2.38. The molecule has 5 heteroatoms. The summed E-state index contributed by atoms with van der Waals surface area (Å²) in [4.78, 5) is 15.5. The quantitative estimate of drug-likeness (QED) is 0.787. The Labute approximate surface area is 124 Å². The van der Waals surface area contributed by atoms with Crippen LogP contribution in [-0.4, -0.2) is 48.2 Å². The van der Waals surface area contributed by atoms with Crippen molar-refractivity contribution in [2.24, 2.45) is 0 Å². The van der Waals surface area contributed by atoms with Crippen molar-refractivity contribution in [2.45, 2.75) is 38.2 Å². The monoisotopic (exact) mass is 296 g/mol. The number of aliphatic hydroxyl groups excluding tert-OH is 1. The van der Waals surface area contributed by atoms with Gasteiger partial charge in [0, 0.05) is 24.5 Å². The van der Waals surface area contributed by atoms with E-state index in [1.807, 2.05) is 24.4 Å². The Morgan fingerprint density at radius 2 is 2.30 bits per heavy atom. The third kappa shape index (κ3) is 4.58. The van der Waals surface area contributed by atoms with Crippen molar-refractivity contribution in [3.05, 3.63) is 22.4 Å². The lowest BCUT2D eigenvalue weighted by molar-refractivity contribution is -0.122. The van der Waals surface area contributed by atoms with E-state index in [0.29, 0.717) is 0 Å². The van der Waals surface area contributed by atoms with E-state index in [1.165, 1.54) is 0 Å². The second kappa shape index (κ2) is 7.76. The SMILES string of the molecule is CC(C(=O)NCCCN1CCC(O)CC1)c1cccs1. The highest BCUT2D eigenvalue weighted by atomic mass is 32.1. The first-order valence-electron chi connectivity index (χ1n) is 7.38. The molecule has 0 aromatic carbocycles. The zero-order valence-electron chi connectivity index (χ0n) is 12.0. The minimum Gasteiger partial charge on any atom is -0.393 e. The molecule has 0 radical (unpaired) electrons. The summed E-state index contributed by atoms with van der Waals surface area (Å²) in [5.74, 6) is 0.0571. The van der Waals surface area contributed by atoms with Crippen LogP contribution in [0.3, 0.4) is 0 Å². The molecule has 1 atom stereocenters. The molecule has 1 aromatic heterocycles. The van der Waals surface area contributed by atoms with Crippen molar-refractivity contribution in [3.63, 3.8) is 0 Å². The molecule has 2 N–H and O–H groups in total. The first kappa shape index (κ1) is 15.5. The average molecular weight is 296 g/mol. The lowest BCUT2D eigenvalue weighted by atomic mass is 10.1. The molecule has 0 spiro atoms. The number of hydrogen-bond acceptors (Lipinski definition) is 4. The van der Waals surface area contributed by atoms with Gasteiger partial charge in [-0.2, -0.15) is 0 Å². The number of amides is 1. The van der Waals surface area contributed by atoms with Crippen molar-refractivity contribution < 1.29 is 9.90 Å². The number of aliphatic hydroxyl groups is 1. The van der Waals surface area contributed by atoms with Crippen LogP contribution in [0, 0.1) is 0 Å². The maximum atomic E-state index is 12.0. The number of thiophene rings is 1. The molecule has 1 amide bonds. The molecule has 0 saturated carbocycles. The summed E-state index contributed by atoms with van der Waals surface area (Å²) in [6, 6.07) is 3.99. The standard InChI is InChI=1S/C15H24N2O2S/c1-12(14-4-2-11-20-14)15(19)16-7-3-8-17-9-5-13(18)6-10-17/h2,4,11-13,18H,3,5-10H2,1H3,(H,16,19). The van der Waals surface area contributed by atoms with Crippen LogP contribution < -0.4 is 5.32 Å². The van der Waals surface area contributed by atoms with Gasteiger partial charge in [0.25, 0.3) is 0 Å². The molecular weight excluding hydrogens is 272 g/mol. The maximum Gasteiger partial charge on any atom is 0.228 e. The molecule has 0 bridgehead atoms. The van der Waals surface area contributed by atoms with E-state index in [1.54, 1.807) is 11.3 Å². The fourth-order valence-electron chi connectivity index (χ4n) is 2.48. The average Bonchev–Trinajstić information content (AvgIpc) is 2.98. The van der Waals surface area contributed by atoms with Crippen molar-refractivity contribution in [3.8, 4) is 0 Å². The summed E-state index contributed by atoms with van der Waals surface area (Å²) in [5.41, 5.74) is 0. The predicted molar refractivity (Wildman–Crippen MR) is 82.0 cm³/mol. The van der Waals surface area contributed by atoms with E-state index in [-0.39, 0.29) is 17.9 Å². The van der Waals surface area contributed by atoms with Gasteiger partial charge in [0.2, 0.25) is 5.91 Å². The first-order chi connectivity index (χ1) is 9.66. The zero-order valence-corrected chi connectivity index (χ0v) is 12.9. The summed E-state index contributed by atoms with van der Waals surface area (Å²) >= 11 is 1.63. The second-order valence-electron chi connectivity index (χ2n) is 5.45. The van der Waals surface area contributed by atoms with Crippen molar-refractivity contribution >= 4 is 17.2 Å². The largest absolute Gasteiger partial charge is 0.393 e. The molecule has 1 aliphatic heterocycles. The Hall–Kier alpha value is -0.910. The Morgan fingerprint density at radius 3 is 2.95 bits per heavy atom. The molecule has 1 unspecified atom stereocenters. The minimum atomic E-state index is -0.113. The van der Waals surface area contributed by atoms with Crippen LogP contribution in [0.2, 0.25) is 0 Å². The summed E-state index contributed by atoms with van der Waals surface area (Å²) in [6.07, 6.45) is 2.61. The van der Waals surface area contributed by atoms with Gasteiger partial charge in [0.05, 0.1) is 12.0 Å². The summed E-state index contributed by atoms with van der Waals surface area (Å²) in [6.45, 7) is 5.63. The van der Waals surface area contributed by atoms with Gasteiger partial charge in [0.1, 0.15) is 0 Å². The molecule has 4 nitrogen and oxygen atoms in total. The molecule has 0 aliphatic carbocycles. The molecular formula is C15H24N2O2S. The van der Waals surface area contributed by atoms with Crippen LogP contribution >= 0.6 is 11.3 Å². The van der Waals surface area contributed by atoms with Crippen LogP contribution in [0.5, 0.6) is 0 Å². The summed E-state index contributed by atoms with van der Waals surface area (Å²) < 4.78 is 0. The molecule has 20 heavy (non-hydrogen) atoms. The first-order valence-corrected chi connectivity index (χ1v) is 8.26. The maximum absolute atomic E-state index is 12.0. The Bertz CT molecular complexity index is 400. The highest BCUT2D eigenvalue weighted by Crippen LogP contribution is 2.20. The number of nitrogens with zero attached hydrogens (tertiary/aromatic N) is 1. The molecule has 112 valence electrons. The number of hydrogen-bond donors (Lipinski definition) is 2. The van der Waals surface area contributed by atoms with E-state index in [9.17, 15) is 9.90 Å². The minimum absolute atomic E-state index is 0.0554. The summed E-state index contributed by atoms with van der Waals surface area (Å²) in [5, 5.41) is 14.5. The number of carbonyl (C=O) groups excluding carboxylic acids is 1. The fourth-order valence-corrected chi connectivity index (χ4v) is 3.26. The molecule has 1 saturated heterocycles. The Balaban J connectivity index is 1.60. The van der Waals surface area contributed by atoms with Crippen LogP contribution in [0.1, 0.15) is 37.0 Å². The van der Waals surface area contributed by atoms with E-state index < -0.39 is 0 Å². The number of rotatable bonds is 6. The number of carbonyl (C=O) groups is 1. The van der Waals surface area contributed by atoms with Gasteiger partial charge in [-0.15, -0.1) is 11.3 Å². The van der Waals surface area contributed by atoms with Gasteiger partial charge in [-0.05, 0) is 44.2 Å². The van der Waals surface area contributed by atoms with E-state index in [0.717, 1.165) is 50.3 Å². The van der Waals surface area contributed by atoms with Crippen LogP contribution in [0.25, 0.3) is 0 Å². The second-order valence-corrected chi connectivity index (χ2v) is 6.43. The van der Waals surface area contributed by atoms with E-state index in [4.69, 9.17) is 0 Å². The molecule has 2 heterocycles. The smallest absolute Gasteiger partial charge is 0.228 e. The zero-order chi connectivity index (χ0) is 14.4. The van der Waals surface area contributed by atoms with Crippen LogP contribution in [-0.2, 0) is 4.79 Å². The Kier molecular flexibility index (Phi) is 6.01. The topological polar surface area (TPSA) is 52.6 Å². The van der Waals surface area contributed by atoms with E-state index in [2.05, 4.69) is 10.2 Å². The lowest BCUT2D eigenvalue weighted by Gasteiger charge is -2.29. The van der Waals surface area contributed by atoms with Gasteiger partial charge in [-0.25, -0.2) is 0 Å². The Morgan fingerprint density at radius 1 is 1.55 bits per heavy atom. The van der Waals surface area contributed by atoms with E-state index >= 15 is 0 Å². The third-order valence-electron chi connectivity index (χ3n) is 3.87. The van der Waals surface area contributed by atoms with Gasteiger partial charge in [-0.1, -0.05) is 6.07 Å². The number of nitrogens with one attached hydrogen (secondary N) is 1. The highest BCUT2D eigenvalue weighted by molar-refractivity contribution is 7.10. The third-order valence-corrected chi connectivity index (χ3v) is 4.93. The van der Waals surface area contributed by atoms with Gasteiger partial charge in [0.15, 0.2) is 0 Å². The molecule has 1 aromatic rings. The molecule has 1 aliphatic rings. The van der Waals surface area contributed by atoms with Gasteiger partial charge < -0.3 is 15.3 Å². The normalized spacial score (nSPS) is 18.9. The fraction of sp³-hybridized carbons (Fsp3) is 0.667. The highest BCUT2D eigenvalue weighted by Gasteiger charge is 2.17. The van der Waals surface area contributed by atoms with Crippen molar-refractivity contribution in [1.82, 2.24) is 10.2 Å². The molecule has 2 rings (SSSR count). The van der Waals surface area contributed by atoms with Crippen LogP contribution in [0.4, 0.5) is 0 Å². The van der Waals surface area contributed by atoms with Crippen molar-refractivity contribution in [1.29, 1.82) is 0 Å². The predicted octanol–water partition coefficient (Wildman–Crippen LogP) is 1.81. The van der Waals surface area contributed by atoms with Crippen LogP contribution in [0.15, 0.2) is 17.5 Å². The number of likely N-dealkylation sites (tertiary alicyclic amines) is 1. The number of piperidine rings is 1. The molecule has 1 fully saturated rings. The van der Waals surface area contributed by atoms with Gasteiger partial charge >= 0.3 is 0 Å².